The first-order valence-corrected chi connectivity index (χ1v) is 6.38. The highest BCUT2D eigenvalue weighted by Crippen LogP contribution is 2.19. The smallest absolute Gasteiger partial charge is 0.256 e. The Balaban J connectivity index is 2.50. The number of hydrogen-bond donors (Lipinski definition) is 1. The van der Waals surface area contributed by atoms with E-state index in [9.17, 15) is 4.79 Å². The predicted molar refractivity (Wildman–Crippen MR) is 77.1 cm³/mol. The number of para-hydroxylation sites is 1. The van der Waals surface area contributed by atoms with Gasteiger partial charge >= 0.3 is 0 Å². The maximum Gasteiger partial charge on any atom is 0.256 e. The van der Waals surface area contributed by atoms with Crippen molar-refractivity contribution in [3.8, 4) is 0 Å². The topological polar surface area (TPSA) is 59.2 Å². The van der Waals surface area contributed by atoms with Crippen molar-refractivity contribution in [1.29, 1.82) is 0 Å². The molecule has 2 N–H and O–H groups in total. The third kappa shape index (κ3) is 2.58. The molecule has 1 heterocycles. The lowest BCUT2D eigenvalue weighted by Crippen LogP contribution is -2.39. The van der Waals surface area contributed by atoms with Gasteiger partial charge in [-0.2, -0.15) is 0 Å². The normalized spacial score (nSPS) is 12.4. The molecular formula is C15H19N3O. The number of pyridine rings is 1. The molecule has 0 spiro atoms. The minimum Gasteiger partial charge on any atom is -0.338 e. The van der Waals surface area contributed by atoms with Gasteiger partial charge in [0.15, 0.2) is 0 Å². The Labute approximate surface area is 113 Å². The van der Waals surface area contributed by atoms with E-state index in [2.05, 4.69) is 4.98 Å². The highest BCUT2D eigenvalue weighted by atomic mass is 16.2. The first kappa shape index (κ1) is 13.5. The predicted octanol–water partition coefficient (Wildman–Crippen LogP) is 1.96. The summed E-state index contributed by atoms with van der Waals surface area (Å²) in [7, 11) is 1.77. The molecule has 2 aromatic rings. The van der Waals surface area contributed by atoms with Crippen LogP contribution in [0.5, 0.6) is 0 Å². The van der Waals surface area contributed by atoms with Crippen molar-refractivity contribution in [2.75, 3.05) is 13.6 Å². The second kappa shape index (κ2) is 5.36. The summed E-state index contributed by atoms with van der Waals surface area (Å²) in [5.41, 5.74) is 7.90. The fraction of sp³-hybridized carbons (Fsp3) is 0.333. The van der Waals surface area contributed by atoms with Crippen LogP contribution in [0.1, 0.15) is 23.0 Å². The molecule has 1 aromatic carbocycles. The van der Waals surface area contributed by atoms with E-state index >= 15 is 0 Å². The summed E-state index contributed by atoms with van der Waals surface area (Å²) in [5, 5.41) is 0.977. The molecule has 1 amide bonds. The number of fused-ring (bicyclic) bond motifs is 1. The summed E-state index contributed by atoms with van der Waals surface area (Å²) in [4.78, 5) is 18.7. The van der Waals surface area contributed by atoms with E-state index in [1.165, 1.54) is 0 Å². The molecule has 0 saturated heterocycles. The van der Waals surface area contributed by atoms with Crippen LogP contribution in [0.25, 0.3) is 10.9 Å². The van der Waals surface area contributed by atoms with Gasteiger partial charge in [-0.15, -0.1) is 0 Å². The number of benzene rings is 1. The summed E-state index contributed by atoms with van der Waals surface area (Å²) in [6, 6.07) is 9.60. The Kier molecular flexibility index (Phi) is 3.81. The van der Waals surface area contributed by atoms with Crippen LogP contribution >= 0.6 is 0 Å². The van der Waals surface area contributed by atoms with Gasteiger partial charge in [0.05, 0.1) is 11.1 Å². The van der Waals surface area contributed by atoms with Crippen LogP contribution in [0.2, 0.25) is 0 Å². The van der Waals surface area contributed by atoms with Crippen LogP contribution in [-0.2, 0) is 0 Å². The van der Waals surface area contributed by atoms with E-state index in [-0.39, 0.29) is 11.9 Å². The van der Waals surface area contributed by atoms with Gasteiger partial charge in [0, 0.05) is 30.7 Å². The molecule has 0 radical (unpaired) electrons. The molecule has 4 nitrogen and oxygen atoms in total. The molecule has 1 aromatic heterocycles. The van der Waals surface area contributed by atoms with E-state index in [4.69, 9.17) is 5.73 Å². The Bertz CT molecular complexity index is 609. The first-order chi connectivity index (χ1) is 9.04. The lowest BCUT2D eigenvalue weighted by atomic mass is 10.1. The average molecular weight is 257 g/mol. The van der Waals surface area contributed by atoms with E-state index in [0.717, 1.165) is 16.6 Å². The molecule has 2 rings (SSSR count). The molecule has 0 aliphatic heterocycles. The molecule has 0 bridgehead atoms. The summed E-state index contributed by atoms with van der Waals surface area (Å²) in [6.07, 6.45) is 0. The van der Waals surface area contributed by atoms with Gasteiger partial charge in [0.25, 0.3) is 5.91 Å². The number of carbonyl (C=O) groups is 1. The molecule has 0 aliphatic rings. The summed E-state index contributed by atoms with van der Waals surface area (Å²) in [6.45, 7) is 4.30. The molecule has 4 heteroatoms. The summed E-state index contributed by atoms with van der Waals surface area (Å²) >= 11 is 0. The van der Waals surface area contributed by atoms with Gasteiger partial charge in [-0.05, 0) is 26.0 Å². The molecule has 1 unspecified atom stereocenters. The van der Waals surface area contributed by atoms with E-state index in [1.54, 1.807) is 11.9 Å². The minimum atomic E-state index is -0.0401. The monoisotopic (exact) mass is 257 g/mol. The van der Waals surface area contributed by atoms with Gasteiger partial charge in [0.1, 0.15) is 0 Å². The van der Waals surface area contributed by atoms with E-state index in [0.29, 0.717) is 12.1 Å². The van der Waals surface area contributed by atoms with Crippen LogP contribution in [0, 0.1) is 6.92 Å². The number of aromatic nitrogens is 1. The van der Waals surface area contributed by atoms with Crippen LogP contribution in [-0.4, -0.2) is 35.4 Å². The fourth-order valence-electron chi connectivity index (χ4n) is 1.97. The Morgan fingerprint density at radius 1 is 1.37 bits per heavy atom. The van der Waals surface area contributed by atoms with Crippen molar-refractivity contribution in [3.05, 3.63) is 41.6 Å². The molecule has 19 heavy (non-hydrogen) atoms. The van der Waals surface area contributed by atoms with Crippen LogP contribution in [0.15, 0.2) is 30.3 Å². The third-order valence-electron chi connectivity index (χ3n) is 3.41. The highest BCUT2D eigenvalue weighted by molar-refractivity contribution is 6.05. The number of hydrogen-bond acceptors (Lipinski definition) is 3. The zero-order valence-corrected chi connectivity index (χ0v) is 11.6. The fourth-order valence-corrected chi connectivity index (χ4v) is 1.97. The number of carbonyl (C=O) groups excluding carboxylic acids is 1. The van der Waals surface area contributed by atoms with Gasteiger partial charge in [-0.25, -0.2) is 0 Å². The number of likely N-dealkylation sites (N-methyl/N-ethyl adjacent to an activating group) is 1. The average Bonchev–Trinajstić information content (AvgIpc) is 2.44. The number of nitrogens with two attached hydrogens (primary N) is 1. The Morgan fingerprint density at radius 2 is 2.11 bits per heavy atom. The van der Waals surface area contributed by atoms with Gasteiger partial charge in [-0.1, -0.05) is 18.2 Å². The van der Waals surface area contributed by atoms with Gasteiger partial charge in [-0.3, -0.25) is 9.78 Å². The maximum atomic E-state index is 12.5. The van der Waals surface area contributed by atoms with Gasteiger partial charge < -0.3 is 10.6 Å². The van der Waals surface area contributed by atoms with E-state index in [1.807, 2.05) is 44.2 Å². The number of nitrogens with zero attached hydrogens (tertiary/aromatic N) is 2. The summed E-state index contributed by atoms with van der Waals surface area (Å²) < 4.78 is 0. The second-order valence-electron chi connectivity index (χ2n) is 4.83. The minimum absolute atomic E-state index is 0.00700. The van der Waals surface area contributed by atoms with Crippen molar-refractivity contribution in [3.63, 3.8) is 0 Å². The zero-order valence-electron chi connectivity index (χ0n) is 11.6. The van der Waals surface area contributed by atoms with Crippen molar-refractivity contribution < 1.29 is 4.79 Å². The van der Waals surface area contributed by atoms with Gasteiger partial charge in [0.2, 0.25) is 0 Å². The molecule has 100 valence electrons. The quantitative estimate of drug-likeness (QED) is 0.914. The lowest BCUT2D eigenvalue weighted by Gasteiger charge is -2.24. The molecule has 1 atom stereocenters. The summed E-state index contributed by atoms with van der Waals surface area (Å²) in [5.74, 6) is -0.0401. The SMILES string of the molecule is Cc1ccc2cccc(C(=O)N(C)C(C)CN)c2n1. The number of aryl methyl sites for hydroxylation is 1. The molecular weight excluding hydrogens is 238 g/mol. The van der Waals surface area contributed by atoms with Crippen molar-refractivity contribution in [2.45, 2.75) is 19.9 Å². The lowest BCUT2D eigenvalue weighted by molar-refractivity contribution is 0.0750. The first-order valence-electron chi connectivity index (χ1n) is 6.38. The van der Waals surface area contributed by atoms with Crippen LogP contribution in [0.4, 0.5) is 0 Å². The Morgan fingerprint density at radius 3 is 2.79 bits per heavy atom. The standard InChI is InChI=1S/C15H19N3O/c1-10-7-8-12-5-4-6-13(14(12)17-10)15(19)18(3)11(2)9-16/h4-8,11H,9,16H2,1-3H3. The molecule has 0 aliphatic carbocycles. The van der Waals surface area contributed by atoms with Crippen LogP contribution < -0.4 is 5.73 Å². The Hall–Kier alpha value is -1.94. The van der Waals surface area contributed by atoms with Crippen molar-refractivity contribution in [1.82, 2.24) is 9.88 Å². The molecule has 0 fully saturated rings. The molecule has 0 saturated carbocycles. The maximum absolute atomic E-state index is 12.5. The number of rotatable bonds is 3. The number of amides is 1. The highest BCUT2D eigenvalue weighted by Gasteiger charge is 2.19. The second-order valence-corrected chi connectivity index (χ2v) is 4.83. The largest absolute Gasteiger partial charge is 0.338 e. The third-order valence-corrected chi connectivity index (χ3v) is 3.41. The van der Waals surface area contributed by atoms with E-state index < -0.39 is 0 Å². The van der Waals surface area contributed by atoms with Crippen molar-refractivity contribution >= 4 is 16.8 Å². The zero-order chi connectivity index (χ0) is 14.0. The van der Waals surface area contributed by atoms with Crippen molar-refractivity contribution in [2.24, 2.45) is 5.73 Å². The van der Waals surface area contributed by atoms with Crippen LogP contribution in [0.3, 0.4) is 0 Å².